The van der Waals surface area contributed by atoms with Crippen LogP contribution in [0.5, 0.6) is 11.5 Å². The van der Waals surface area contributed by atoms with Crippen molar-refractivity contribution in [3.8, 4) is 11.5 Å². The Hall–Kier alpha value is -2.73. The lowest BCUT2D eigenvalue weighted by Gasteiger charge is -2.19. The van der Waals surface area contributed by atoms with Crippen LogP contribution in [0.15, 0.2) is 42.5 Å². The fourth-order valence-corrected chi connectivity index (χ4v) is 2.57. The van der Waals surface area contributed by atoms with E-state index in [1.807, 2.05) is 12.1 Å². The van der Waals surface area contributed by atoms with E-state index in [-0.39, 0.29) is 12.5 Å². The van der Waals surface area contributed by atoms with Crippen LogP contribution in [-0.4, -0.2) is 43.6 Å². The van der Waals surface area contributed by atoms with E-state index in [2.05, 4.69) is 0 Å². The smallest absolute Gasteiger partial charge is 0.338 e. The van der Waals surface area contributed by atoms with Crippen LogP contribution in [0.25, 0.3) is 0 Å². The zero-order valence-electron chi connectivity index (χ0n) is 14.2. The van der Waals surface area contributed by atoms with Crippen molar-refractivity contribution >= 4 is 23.5 Å². The summed E-state index contributed by atoms with van der Waals surface area (Å²) in [5, 5.41) is 0.635. The van der Waals surface area contributed by atoms with Gasteiger partial charge in [-0.05, 0) is 35.9 Å². The average Bonchev–Trinajstić information content (AvgIpc) is 2.67. The van der Waals surface area contributed by atoms with E-state index in [1.54, 1.807) is 37.4 Å². The number of likely N-dealkylation sites (N-methyl/N-ethyl adjacent to an activating group) is 1. The van der Waals surface area contributed by atoms with E-state index in [0.29, 0.717) is 41.8 Å². The minimum absolute atomic E-state index is 0.300. The highest BCUT2D eigenvalue weighted by Gasteiger charge is 2.17. The van der Waals surface area contributed by atoms with Crippen molar-refractivity contribution in [2.45, 2.75) is 6.54 Å². The molecule has 0 unspecified atom stereocenters. The summed E-state index contributed by atoms with van der Waals surface area (Å²) in [5.74, 6) is 0.199. The molecule has 136 valence electrons. The van der Waals surface area contributed by atoms with Gasteiger partial charge in [-0.1, -0.05) is 23.7 Å². The van der Waals surface area contributed by atoms with Crippen molar-refractivity contribution in [1.82, 2.24) is 4.90 Å². The van der Waals surface area contributed by atoms with Gasteiger partial charge in [-0.3, -0.25) is 4.79 Å². The number of amides is 1. The van der Waals surface area contributed by atoms with E-state index < -0.39 is 5.97 Å². The van der Waals surface area contributed by atoms with Gasteiger partial charge in [0.15, 0.2) is 18.1 Å². The van der Waals surface area contributed by atoms with Crippen LogP contribution in [0.2, 0.25) is 5.02 Å². The summed E-state index contributed by atoms with van der Waals surface area (Å²) >= 11 is 5.84. The monoisotopic (exact) mass is 375 g/mol. The Morgan fingerprint density at radius 1 is 1.08 bits per heavy atom. The maximum Gasteiger partial charge on any atom is 0.338 e. The van der Waals surface area contributed by atoms with Crippen LogP contribution in [0, 0.1) is 0 Å². The summed E-state index contributed by atoms with van der Waals surface area (Å²) in [7, 11) is 1.65. The molecule has 1 heterocycles. The van der Waals surface area contributed by atoms with Crippen LogP contribution >= 0.6 is 11.6 Å². The van der Waals surface area contributed by atoms with Gasteiger partial charge in [0.25, 0.3) is 5.91 Å². The second-order valence-corrected chi connectivity index (χ2v) is 6.25. The van der Waals surface area contributed by atoms with E-state index >= 15 is 0 Å². The second kappa shape index (κ2) is 8.10. The topological polar surface area (TPSA) is 65.1 Å². The number of carbonyl (C=O) groups excluding carboxylic acids is 2. The number of esters is 1. The third-order valence-electron chi connectivity index (χ3n) is 3.86. The minimum Gasteiger partial charge on any atom is -0.486 e. The van der Waals surface area contributed by atoms with Gasteiger partial charge >= 0.3 is 5.97 Å². The molecular formula is C19H18ClNO5. The third kappa shape index (κ3) is 4.46. The predicted octanol–water partition coefficient (Wildman–Crippen LogP) is 2.93. The molecule has 0 aliphatic carbocycles. The molecule has 0 fully saturated rings. The van der Waals surface area contributed by atoms with Gasteiger partial charge in [0.05, 0.1) is 5.56 Å². The summed E-state index contributed by atoms with van der Waals surface area (Å²) in [4.78, 5) is 25.8. The van der Waals surface area contributed by atoms with Gasteiger partial charge in [0.1, 0.15) is 13.2 Å². The Kier molecular flexibility index (Phi) is 5.63. The highest BCUT2D eigenvalue weighted by Crippen LogP contribution is 2.30. The summed E-state index contributed by atoms with van der Waals surface area (Å²) in [6.07, 6.45) is 0. The largest absolute Gasteiger partial charge is 0.486 e. The summed E-state index contributed by atoms with van der Waals surface area (Å²) in [6.45, 7) is 0.972. The second-order valence-electron chi connectivity index (χ2n) is 5.81. The molecule has 0 spiro atoms. The van der Waals surface area contributed by atoms with Crippen molar-refractivity contribution in [2.24, 2.45) is 0 Å². The third-order valence-corrected chi connectivity index (χ3v) is 4.12. The lowest BCUT2D eigenvalue weighted by atomic mass is 10.2. The first-order valence-corrected chi connectivity index (χ1v) is 8.46. The first-order chi connectivity index (χ1) is 12.5. The molecule has 7 heteroatoms. The van der Waals surface area contributed by atoms with E-state index in [1.165, 1.54) is 4.90 Å². The van der Waals surface area contributed by atoms with Crippen molar-refractivity contribution < 1.29 is 23.8 Å². The first kappa shape index (κ1) is 18.1. The van der Waals surface area contributed by atoms with Crippen molar-refractivity contribution in [2.75, 3.05) is 26.9 Å². The normalized spacial score (nSPS) is 12.4. The van der Waals surface area contributed by atoms with E-state index in [9.17, 15) is 9.59 Å². The Bertz CT molecular complexity index is 806. The Morgan fingerprint density at radius 3 is 2.50 bits per heavy atom. The molecule has 26 heavy (non-hydrogen) atoms. The zero-order chi connectivity index (χ0) is 18.5. The molecule has 0 atom stereocenters. The van der Waals surface area contributed by atoms with Gasteiger partial charge in [-0.2, -0.15) is 0 Å². The van der Waals surface area contributed by atoms with Gasteiger partial charge in [-0.25, -0.2) is 4.79 Å². The molecule has 2 aromatic rings. The van der Waals surface area contributed by atoms with E-state index in [0.717, 1.165) is 5.56 Å². The highest BCUT2D eigenvalue weighted by molar-refractivity contribution is 6.30. The SMILES string of the molecule is CN(Cc1ccc(Cl)cc1)C(=O)COC(=O)c1ccc2c(c1)OCCO2. The number of halogens is 1. The number of hydrogen-bond acceptors (Lipinski definition) is 5. The lowest BCUT2D eigenvalue weighted by Crippen LogP contribution is -2.30. The van der Waals surface area contributed by atoms with Crippen molar-refractivity contribution in [3.05, 3.63) is 58.6 Å². The maximum atomic E-state index is 12.2. The molecule has 0 saturated carbocycles. The van der Waals surface area contributed by atoms with Crippen molar-refractivity contribution in [3.63, 3.8) is 0 Å². The maximum absolute atomic E-state index is 12.2. The van der Waals surface area contributed by atoms with Gasteiger partial charge in [-0.15, -0.1) is 0 Å². The fourth-order valence-electron chi connectivity index (χ4n) is 2.44. The number of nitrogens with zero attached hydrogens (tertiary/aromatic N) is 1. The zero-order valence-corrected chi connectivity index (χ0v) is 15.0. The highest BCUT2D eigenvalue weighted by atomic mass is 35.5. The molecule has 0 radical (unpaired) electrons. The fraction of sp³-hybridized carbons (Fsp3) is 0.263. The van der Waals surface area contributed by atoms with Crippen molar-refractivity contribution in [1.29, 1.82) is 0 Å². The Labute approximate surface area is 156 Å². The number of benzene rings is 2. The summed E-state index contributed by atoms with van der Waals surface area (Å²) in [6, 6.07) is 12.0. The number of rotatable bonds is 5. The molecular weight excluding hydrogens is 358 g/mol. The summed E-state index contributed by atoms with van der Waals surface area (Å²) < 4.78 is 16.0. The van der Waals surface area contributed by atoms with Gasteiger partial charge < -0.3 is 19.1 Å². The standard InChI is InChI=1S/C19H18ClNO5/c1-21(11-13-2-5-15(20)6-3-13)18(22)12-26-19(23)14-4-7-16-17(10-14)25-9-8-24-16/h2-7,10H,8-9,11-12H2,1H3. The Morgan fingerprint density at radius 2 is 1.77 bits per heavy atom. The van der Waals surface area contributed by atoms with Crippen LogP contribution in [0.3, 0.4) is 0 Å². The molecule has 0 saturated heterocycles. The summed E-state index contributed by atoms with van der Waals surface area (Å²) in [5.41, 5.74) is 1.24. The average molecular weight is 376 g/mol. The molecule has 1 amide bonds. The molecule has 0 N–H and O–H groups in total. The molecule has 6 nitrogen and oxygen atoms in total. The van der Waals surface area contributed by atoms with Crippen LogP contribution in [0.4, 0.5) is 0 Å². The quantitative estimate of drug-likeness (QED) is 0.752. The minimum atomic E-state index is -0.588. The molecule has 1 aliphatic rings. The molecule has 0 bridgehead atoms. The molecule has 3 rings (SSSR count). The number of ether oxygens (including phenoxy) is 3. The number of fused-ring (bicyclic) bond motifs is 1. The molecule has 2 aromatic carbocycles. The molecule has 0 aromatic heterocycles. The van der Waals surface area contributed by atoms with Crippen LogP contribution in [0.1, 0.15) is 15.9 Å². The number of carbonyl (C=O) groups is 2. The Balaban J connectivity index is 1.53. The predicted molar refractivity (Wildman–Crippen MR) is 95.6 cm³/mol. The van der Waals surface area contributed by atoms with E-state index in [4.69, 9.17) is 25.8 Å². The molecule has 1 aliphatic heterocycles. The van der Waals surface area contributed by atoms with Crippen LogP contribution in [-0.2, 0) is 16.1 Å². The number of hydrogen-bond donors (Lipinski definition) is 0. The van der Waals surface area contributed by atoms with Crippen LogP contribution < -0.4 is 9.47 Å². The van der Waals surface area contributed by atoms with Gasteiger partial charge in [0, 0.05) is 18.6 Å². The lowest BCUT2D eigenvalue weighted by molar-refractivity contribution is -0.133. The van der Waals surface area contributed by atoms with Gasteiger partial charge in [0.2, 0.25) is 0 Å². The first-order valence-electron chi connectivity index (χ1n) is 8.08.